The summed E-state index contributed by atoms with van der Waals surface area (Å²) in [5.74, 6) is 0.608. The molecule has 2 unspecified atom stereocenters. The predicted octanol–water partition coefficient (Wildman–Crippen LogP) is 1.27. The fourth-order valence-corrected chi connectivity index (χ4v) is 4.26. The molecule has 1 saturated heterocycles. The van der Waals surface area contributed by atoms with Crippen LogP contribution in [0.5, 0.6) is 0 Å². The number of aryl methyl sites for hydroxylation is 1. The monoisotopic (exact) mass is 316 g/mol. The number of piperidine rings is 1. The number of likely N-dealkylation sites (tertiary alicyclic amines) is 1. The zero-order chi connectivity index (χ0) is 15.3. The molecular formula is C15H16N4O2S. The van der Waals surface area contributed by atoms with Crippen molar-refractivity contribution in [3.63, 3.8) is 0 Å². The molecule has 22 heavy (non-hydrogen) atoms. The van der Waals surface area contributed by atoms with E-state index in [2.05, 4.69) is 9.59 Å². The van der Waals surface area contributed by atoms with Crippen molar-refractivity contribution in [2.45, 2.75) is 25.8 Å². The summed E-state index contributed by atoms with van der Waals surface area (Å²) < 4.78 is 5.73. The first-order valence-corrected chi connectivity index (χ1v) is 8.19. The Bertz CT molecular complexity index is 797. The van der Waals surface area contributed by atoms with Crippen LogP contribution in [0.15, 0.2) is 23.0 Å². The Morgan fingerprint density at radius 1 is 1.32 bits per heavy atom. The van der Waals surface area contributed by atoms with Gasteiger partial charge in [-0.1, -0.05) is 10.6 Å². The average Bonchev–Trinajstić information content (AvgIpc) is 2.93. The highest BCUT2D eigenvalue weighted by molar-refractivity contribution is 7.07. The van der Waals surface area contributed by atoms with Crippen LogP contribution < -0.4 is 5.56 Å². The van der Waals surface area contributed by atoms with Crippen molar-refractivity contribution in [1.29, 1.82) is 0 Å². The first-order valence-electron chi connectivity index (χ1n) is 7.41. The van der Waals surface area contributed by atoms with E-state index in [0.29, 0.717) is 36.1 Å². The minimum atomic E-state index is 0.0222. The molecule has 4 rings (SSSR count). The Labute approximate surface area is 131 Å². The number of rotatable bonds is 1. The van der Waals surface area contributed by atoms with Crippen molar-refractivity contribution in [2.24, 2.45) is 5.92 Å². The van der Waals surface area contributed by atoms with Gasteiger partial charge < -0.3 is 9.47 Å². The number of nitrogens with zero attached hydrogens (tertiary/aromatic N) is 4. The van der Waals surface area contributed by atoms with E-state index < -0.39 is 0 Å². The molecule has 2 aromatic heterocycles. The van der Waals surface area contributed by atoms with Crippen LogP contribution in [0.1, 0.15) is 33.4 Å². The number of aromatic nitrogens is 3. The van der Waals surface area contributed by atoms with E-state index in [1.165, 1.54) is 0 Å². The van der Waals surface area contributed by atoms with E-state index in [4.69, 9.17) is 0 Å². The van der Waals surface area contributed by atoms with Crippen LogP contribution >= 0.6 is 11.5 Å². The van der Waals surface area contributed by atoms with Gasteiger partial charge in [0.05, 0.1) is 5.69 Å². The standard InChI is InChI=1S/C15H16N4O2S/c1-9-14(22-17-16-9)15(21)18-6-10-5-11(8-18)12-3-2-4-13(20)19(12)7-10/h2-4,10-11H,5-8H2,1H3. The summed E-state index contributed by atoms with van der Waals surface area (Å²) in [6.45, 7) is 3.88. The molecule has 7 heteroatoms. The molecule has 4 heterocycles. The Hall–Kier alpha value is -2.02. The van der Waals surface area contributed by atoms with Gasteiger partial charge in [0.25, 0.3) is 11.5 Å². The summed E-state index contributed by atoms with van der Waals surface area (Å²) in [6, 6.07) is 5.43. The number of carbonyl (C=O) groups excluding carboxylic acids is 1. The van der Waals surface area contributed by atoms with E-state index >= 15 is 0 Å². The minimum Gasteiger partial charge on any atom is -0.337 e. The SMILES string of the molecule is Cc1nnsc1C(=O)N1CC2CC(C1)c1cccc(=O)n1C2. The maximum absolute atomic E-state index is 12.7. The van der Waals surface area contributed by atoms with Crippen LogP contribution in [0.25, 0.3) is 0 Å². The summed E-state index contributed by atoms with van der Waals surface area (Å²) in [5.41, 5.74) is 1.82. The smallest absolute Gasteiger partial charge is 0.267 e. The molecule has 0 aliphatic carbocycles. The molecule has 0 N–H and O–H groups in total. The van der Waals surface area contributed by atoms with E-state index in [1.807, 2.05) is 28.5 Å². The van der Waals surface area contributed by atoms with Gasteiger partial charge in [0.1, 0.15) is 4.88 Å². The van der Waals surface area contributed by atoms with Crippen LogP contribution in [0.2, 0.25) is 0 Å². The summed E-state index contributed by atoms with van der Waals surface area (Å²) in [7, 11) is 0. The molecule has 114 valence electrons. The van der Waals surface area contributed by atoms with Crippen molar-refractivity contribution in [3.05, 3.63) is 44.8 Å². The molecule has 2 aromatic rings. The van der Waals surface area contributed by atoms with Crippen LogP contribution in [-0.2, 0) is 6.54 Å². The third-order valence-corrected chi connectivity index (χ3v) is 5.43. The van der Waals surface area contributed by atoms with Gasteiger partial charge in [-0.15, -0.1) is 5.10 Å². The largest absolute Gasteiger partial charge is 0.337 e. The molecule has 2 bridgehead atoms. The summed E-state index contributed by atoms with van der Waals surface area (Å²) in [5, 5.41) is 3.93. The highest BCUT2D eigenvalue weighted by Crippen LogP contribution is 2.35. The zero-order valence-electron chi connectivity index (χ0n) is 12.2. The van der Waals surface area contributed by atoms with Crippen molar-refractivity contribution in [2.75, 3.05) is 13.1 Å². The van der Waals surface area contributed by atoms with Crippen LogP contribution in [0.3, 0.4) is 0 Å². The Morgan fingerprint density at radius 3 is 2.95 bits per heavy atom. The third kappa shape index (κ3) is 2.08. The summed E-state index contributed by atoms with van der Waals surface area (Å²) >= 11 is 1.16. The number of fused-ring (bicyclic) bond motifs is 4. The normalized spacial score (nSPS) is 23.2. The van der Waals surface area contributed by atoms with Gasteiger partial charge in [-0.3, -0.25) is 9.59 Å². The van der Waals surface area contributed by atoms with Gasteiger partial charge in [-0.05, 0) is 36.9 Å². The van der Waals surface area contributed by atoms with Crippen molar-refractivity contribution in [3.8, 4) is 0 Å². The molecule has 1 fully saturated rings. The topological polar surface area (TPSA) is 68.1 Å². The van der Waals surface area contributed by atoms with Crippen molar-refractivity contribution < 1.29 is 4.79 Å². The highest BCUT2D eigenvalue weighted by Gasteiger charge is 2.37. The van der Waals surface area contributed by atoms with Crippen LogP contribution in [0.4, 0.5) is 0 Å². The van der Waals surface area contributed by atoms with E-state index in [-0.39, 0.29) is 17.4 Å². The average molecular weight is 316 g/mol. The first kappa shape index (κ1) is 13.6. The molecule has 2 aliphatic rings. The molecule has 0 saturated carbocycles. The number of hydrogen-bond donors (Lipinski definition) is 0. The van der Waals surface area contributed by atoms with E-state index in [0.717, 1.165) is 23.6 Å². The zero-order valence-corrected chi connectivity index (χ0v) is 13.0. The molecule has 2 aliphatic heterocycles. The lowest BCUT2D eigenvalue weighted by molar-refractivity contribution is 0.0598. The maximum Gasteiger partial charge on any atom is 0.267 e. The van der Waals surface area contributed by atoms with Crippen molar-refractivity contribution in [1.82, 2.24) is 19.1 Å². The van der Waals surface area contributed by atoms with Crippen LogP contribution in [-0.4, -0.2) is 38.1 Å². The predicted molar refractivity (Wildman–Crippen MR) is 82.1 cm³/mol. The van der Waals surface area contributed by atoms with Crippen LogP contribution in [0, 0.1) is 12.8 Å². The van der Waals surface area contributed by atoms with Gasteiger partial charge >= 0.3 is 0 Å². The first-order chi connectivity index (χ1) is 10.6. The number of amides is 1. The van der Waals surface area contributed by atoms with E-state index in [9.17, 15) is 9.59 Å². The van der Waals surface area contributed by atoms with Gasteiger partial charge in [0.2, 0.25) is 0 Å². The second kappa shape index (κ2) is 5.01. The van der Waals surface area contributed by atoms with E-state index in [1.54, 1.807) is 6.07 Å². The lowest BCUT2D eigenvalue weighted by atomic mass is 9.83. The number of carbonyl (C=O) groups is 1. The summed E-state index contributed by atoms with van der Waals surface area (Å²) in [6.07, 6.45) is 1.05. The Kier molecular flexibility index (Phi) is 3.11. The van der Waals surface area contributed by atoms with Gasteiger partial charge in [0.15, 0.2) is 0 Å². The van der Waals surface area contributed by atoms with Gasteiger partial charge in [0, 0.05) is 37.3 Å². The fourth-order valence-electron chi connectivity index (χ4n) is 3.63. The molecular weight excluding hydrogens is 300 g/mol. The second-order valence-corrected chi connectivity index (χ2v) is 6.85. The number of hydrogen-bond acceptors (Lipinski definition) is 5. The quantitative estimate of drug-likeness (QED) is 0.794. The van der Waals surface area contributed by atoms with Gasteiger partial charge in [-0.2, -0.15) is 0 Å². The van der Waals surface area contributed by atoms with Gasteiger partial charge in [-0.25, -0.2) is 0 Å². The lowest BCUT2D eigenvalue weighted by Crippen LogP contribution is -2.49. The molecule has 0 spiro atoms. The minimum absolute atomic E-state index is 0.0222. The second-order valence-electron chi connectivity index (χ2n) is 6.10. The Balaban J connectivity index is 1.65. The summed E-state index contributed by atoms with van der Waals surface area (Å²) in [4.78, 5) is 27.2. The molecule has 0 aromatic carbocycles. The maximum atomic E-state index is 12.7. The third-order valence-electron chi connectivity index (χ3n) is 4.61. The molecule has 2 atom stereocenters. The molecule has 1 amide bonds. The Morgan fingerprint density at radius 2 is 2.18 bits per heavy atom. The highest BCUT2D eigenvalue weighted by atomic mass is 32.1. The lowest BCUT2D eigenvalue weighted by Gasteiger charge is -2.42. The molecule has 6 nitrogen and oxygen atoms in total. The molecule has 0 radical (unpaired) electrons. The fraction of sp³-hybridized carbons (Fsp3) is 0.467. The van der Waals surface area contributed by atoms with Crippen molar-refractivity contribution >= 4 is 17.4 Å². The number of pyridine rings is 1.